The van der Waals surface area contributed by atoms with Gasteiger partial charge in [-0.3, -0.25) is 14.2 Å². The fourth-order valence-corrected chi connectivity index (χ4v) is 6.37. The number of carbonyl (C=O) groups excluding carboxylic acids is 1. The summed E-state index contributed by atoms with van der Waals surface area (Å²) in [5.41, 5.74) is -1.89. The molecule has 0 radical (unpaired) electrons. The average Bonchev–Trinajstić information content (AvgIpc) is 3.58. The zero-order valence-corrected chi connectivity index (χ0v) is 23.0. The van der Waals surface area contributed by atoms with Crippen LogP contribution in [0.2, 0.25) is 0 Å². The highest BCUT2D eigenvalue weighted by Crippen LogP contribution is 2.34. The Hall–Kier alpha value is -3.88. The smallest absolute Gasteiger partial charge is 0.333 e. The molecular formula is C26H29FN6O6S. The van der Waals surface area contributed by atoms with Crippen LogP contribution in [0.4, 0.5) is 4.39 Å². The van der Waals surface area contributed by atoms with Crippen molar-refractivity contribution in [3.63, 3.8) is 0 Å². The van der Waals surface area contributed by atoms with E-state index in [9.17, 15) is 23.9 Å². The number of piperidine rings is 1. The number of aliphatic hydroxyl groups excluding tert-OH is 1. The minimum atomic E-state index is -1.43. The van der Waals surface area contributed by atoms with Gasteiger partial charge >= 0.3 is 5.69 Å². The van der Waals surface area contributed by atoms with Crippen LogP contribution in [0.25, 0.3) is 15.2 Å². The SMILES string of the molecule is COc1ccc(F)cc1[C@H](Cn1c(=O)n([C@]2(C)CCCNC2=O)c(=O)c2c(C)c(-n3nccn3)sc21)OCCO. The molecule has 1 amide bonds. The maximum atomic E-state index is 14.4. The summed E-state index contributed by atoms with van der Waals surface area (Å²) in [4.78, 5) is 43.0. The van der Waals surface area contributed by atoms with E-state index in [4.69, 9.17) is 9.47 Å². The zero-order chi connectivity index (χ0) is 28.6. The number of fused-ring (bicyclic) bond motifs is 1. The van der Waals surface area contributed by atoms with Gasteiger partial charge in [-0.05, 0) is 44.9 Å². The van der Waals surface area contributed by atoms with Crippen molar-refractivity contribution in [1.29, 1.82) is 0 Å². The molecule has 40 heavy (non-hydrogen) atoms. The topological polar surface area (TPSA) is 142 Å². The quantitative estimate of drug-likeness (QED) is 0.308. The molecule has 0 aliphatic carbocycles. The lowest BCUT2D eigenvalue weighted by Gasteiger charge is -2.34. The zero-order valence-electron chi connectivity index (χ0n) is 22.2. The lowest BCUT2D eigenvalue weighted by Crippen LogP contribution is -2.59. The Bertz CT molecular complexity index is 1680. The van der Waals surface area contributed by atoms with Crippen molar-refractivity contribution in [1.82, 2.24) is 29.4 Å². The first-order chi connectivity index (χ1) is 19.2. The Morgan fingerprint density at radius 2 is 2.00 bits per heavy atom. The van der Waals surface area contributed by atoms with Crippen LogP contribution in [0.5, 0.6) is 5.75 Å². The number of hydrogen-bond acceptors (Lipinski definition) is 9. The third-order valence-electron chi connectivity index (χ3n) is 7.19. The Kier molecular flexibility index (Phi) is 7.57. The molecule has 1 aliphatic rings. The molecule has 0 spiro atoms. The van der Waals surface area contributed by atoms with Crippen LogP contribution in [-0.4, -0.2) is 62.0 Å². The summed E-state index contributed by atoms with van der Waals surface area (Å²) in [6.07, 6.45) is 2.92. The van der Waals surface area contributed by atoms with Crippen LogP contribution in [0, 0.1) is 12.7 Å². The van der Waals surface area contributed by atoms with E-state index in [1.165, 1.54) is 47.1 Å². The molecule has 0 saturated carbocycles. The highest BCUT2D eigenvalue weighted by Gasteiger charge is 2.41. The number of nitrogens with one attached hydrogen (secondary N) is 1. The van der Waals surface area contributed by atoms with E-state index in [2.05, 4.69) is 15.5 Å². The molecule has 0 bridgehead atoms. The summed E-state index contributed by atoms with van der Waals surface area (Å²) in [6, 6.07) is 3.93. The third-order valence-corrected chi connectivity index (χ3v) is 8.47. The van der Waals surface area contributed by atoms with Gasteiger partial charge in [0, 0.05) is 17.7 Å². The van der Waals surface area contributed by atoms with Crippen molar-refractivity contribution in [3.05, 3.63) is 68.4 Å². The molecule has 3 aromatic heterocycles. The number of aromatic nitrogens is 5. The molecular weight excluding hydrogens is 543 g/mol. The maximum Gasteiger partial charge on any atom is 0.333 e. The van der Waals surface area contributed by atoms with E-state index in [1.807, 2.05) is 0 Å². The molecule has 12 nitrogen and oxygen atoms in total. The number of carbonyl (C=O) groups is 1. The van der Waals surface area contributed by atoms with Crippen LogP contribution in [0.3, 0.4) is 0 Å². The van der Waals surface area contributed by atoms with Crippen molar-refractivity contribution >= 4 is 27.5 Å². The van der Waals surface area contributed by atoms with E-state index < -0.39 is 34.6 Å². The molecule has 2 atom stereocenters. The van der Waals surface area contributed by atoms with Crippen molar-refractivity contribution in [3.8, 4) is 10.8 Å². The van der Waals surface area contributed by atoms with E-state index in [1.54, 1.807) is 13.8 Å². The van der Waals surface area contributed by atoms with Gasteiger partial charge in [-0.15, -0.1) is 4.80 Å². The van der Waals surface area contributed by atoms with Gasteiger partial charge in [0.2, 0.25) is 5.91 Å². The van der Waals surface area contributed by atoms with Crippen LogP contribution in [0.1, 0.15) is 37.0 Å². The van der Waals surface area contributed by atoms with E-state index in [-0.39, 0.29) is 25.1 Å². The van der Waals surface area contributed by atoms with Crippen LogP contribution in [-0.2, 0) is 21.6 Å². The number of thiophene rings is 1. The fourth-order valence-electron chi connectivity index (χ4n) is 5.15. The van der Waals surface area contributed by atoms with Gasteiger partial charge in [-0.25, -0.2) is 13.8 Å². The normalized spacial score (nSPS) is 18.2. The second kappa shape index (κ2) is 10.9. The molecule has 1 saturated heterocycles. The first kappa shape index (κ1) is 27.7. The molecule has 0 unspecified atom stereocenters. The van der Waals surface area contributed by atoms with E-state index >= 15 is 0 Å². The number of benzene rings is 1. The number of aliphatic hydroxyl groups is 1. The highest BCUT2D eigenvalue weighted by atomic mass is 32.1. The lowest BCUT2D eigenvalue weighted by atomic mass is 9.91. The lowest BCUT2D eigenvalue weighted by molar-refractivity contribution is -0.131. The summed E-state index contributed by atoms with van der Waals surface area (Å²) in [5, 5.41) is 21.4. The largest absolute Gasteiger partial charge is 0.496 e. The van der Waals surface area contributed by atoms with E-state index in [0.29, 0.717) is 46.1 Å². The molecule has 1 fully saturated rings. The first-order valence-electron chi connectivity index (χ1n) is 12.7. The van der Waals surface area contributed by atoms with Gasteiger partial charge in [0.25, 0.3) is 5.56 Å². The Morgan fingerprint density at radius 3 is 2.67 bits per heavy atom. The van der Waals surface area contributed by atoms with Crippen molar-refractivity contribution in [2.75, 3.05) is 26.9 Å². The van der Waals surface area contributed by atoms with Gasteiger partial charge < -0.3 is 19.9 Å². The van der Waals surface area contributed by atoms with Crippen molar-refractivity contribution in [2.45, 2.75) is 44.9 Å². The third kappa shape index (κ3) is 4.61. The van der Waals surface area contributed by atoms with Gasteiger partial charge in [0.1, 0.15) is 33.0 Å². The monoisotopic (exact) mass is 572 g/mol. The molecule has 14 heteroatoms. The van der Waals surface area contributed by atoms with Crippen molar-refractivity contribution < 1.29 is 23.8 Å². The van der Waals surface area contributed by atoms with Crippen LogP contribution < -0.4 is 21.3 Å². The minimum absolute atomic E-state index is 0.103. The number of halogens is 1. The average molecular weight is 573 g/mol. The second-order valence-electron chi connectivity index (χ2n) is 9.67. The van der Waals surface area contributed by atoms with Gasteiger partial charge in [0.15, 0.2) is 0 Å². The summed E-state index contributed by atoms with van der Waals surface area (Å²) in [6.45, 7) is 3.17. The number of rotatable bonds is 9. The minimum Gasteiger partial charge on any atom is -0.496 e. The summed E-state index contributed by atoms with van der Waals surface area (Å²) >= 11 is 1.14. The molecule has 5 rings (SSSR count). The number of aryl methyl sites for hydroxylation is 1. The summed E-state index contributed by atoms with van der Waals surface area (Å²) in [5.74, 6) is -0.642. The standard InChI is InChI=1S/C26H29FN6O6S/c1-15-20-21(35)32(26(2)7-4-8-28-24(26)36)25(37)31(23(20)40-22(15)33-29-9-10-30-33)14-19(39-12-11-34)17-13-16(27)5-6-18(17)38-3/h5-6,9-10,13,19,34H,4,7-8,11-12,14H2,1-3H3,(H,28,36)/t19-,26+/m0/s1. The molecule has 2 N–H and O–H groups in total. The predicted octanol–water partition coefficient (Wildman–Crippen LogP) is 1.64. The van der Waals surface area contributed by atoms with Gasteiger partial charge in [0.05, 0.1) is 44.6 Å². The number of hydrogen-bond donors (Lipinski definition) is 2. The number of amides is 1. The molecule has 212 valence electrons. The summed E-state index contributed by atoms with van der Waals surface area (Å²) in [7, 11) is 1.43. The van der Waals surface area contributed by atoms with Crippen LogP contribution >= 0.6 is 11.3 Å². The highest BCUT2D eigenvalue weighted by molar-refractivity contribution is 7.21. The van der Waals surface area contributed by atoms with E-state index in [0.717, 1.165) is 15.9 Å². The predicted molar refractivity (Wildman–Crippen MR) is 145 cm³/mol. The van der Waals surface area contributed by atoms with Crippen molar-refractivity contribution in [2.24, 2.45) is 0 Å². The number of nitrogens with zero attached hydrogens (tertiary/aromatic N) is 5. The van der Waals surface area contributed by atoms with Gasteiger partial charge in [-0.2, -0.15) is 10.2 Å². The van der Waals surface area contributed by atoms with Gasteiger partial charge in [-0.1, -0.05) is 11.3 Å². The number of methoxy groups -OCH3 is 1. The Balaban J connectivity index is 1.80. The second-order valence-corrected chi connectivity index (χ2v) is 10.6. The molecule has 4 heterocycles. The maximum absolute atomic E-state index is 14.4. The number of ether oxygens (including phenoxy) is 2. The fraction of sp³-hybridized carbons (Fsp3) is 0.423. The van der Waals surface area contributed by atoms with Crippen LogP contribution in [0.15, 0.2) is 40.2 Å². The summed E-state index contributed by atoms with van der Waals surface area (Å²) < 4.78 is 28.1. The molecule has 1 aromatic carbocycles. The first-order valence-corrected chi connectivity index (χ1v) is 13.5. The molecule has 1 aliphatic heterocycles. The Morgan fingerprint density at radius 1 is 1.25 bits per heavy atom. The molecule has 4 aromatic rings. The Labute approximate surface area is 231 Å².